The second-order valence-electron chi connectivity index (χ2n) is 4.83. The van der Waals surface area contributed by atoms with E-state index in [1.165, 1.54) is 6.07 Å². The van der Waals surface area contributed by atoms with E-state index in [0.717, 1.165) is 32.4 Å². The Labute approximate surface area is 118 Å². The van der Waals surface area contributed by atoms with Gasteiger partial charge in [-0.1, -0.05) is 0 Å². The molecule has 1 aromatic rings. The van der Waals surface area contributed by atoms with E-state index in [-0.39, 0.29) is 18.2 Å². The Kier molecular flexibility index (Phi) is 4.82. The van der Waals surface area contributed by atoms with Crippen LogP contribution in [0.3, 0.4) is 0 Å². The molecule has 0 atom stereocenters. The number of anilines is 1. The van der Waals surface area contributed by atoms with Gasteiger partial charge in [-0.15, -0.1) is 0 Å². The fourth-order valence-corrected chi connectivity index (χ4v) is 2.44. The number of rotatable bonds is 5. The van der Waals surface area contributed by atoms with E-state index < -0.39 is 9.84 Å². The van der Waals surface area contributed by atoms with Gasteiger partial charge in [-0.05, 0) is 12.1 Å². The molecular weight excluding hydrogens is 283 g/mol. The number of hydrogen-bond donors (Lipinski definition) is 1. The molecule has 0 aliphatic carbocycles. The van der Waals surface area contributed by atoms with Crippen molar-refractivity contribution in [2.24, 2.45) is 0 Å². The molecule has 0 unspecified atom stereocenters. The van der Waals surface area contributed by atoms with E-state index in [0.29, 0.717) is 11.4 Å². The minimum Gasteiger partial charge on any atom is -0.492 e. The lowest BCUT2D eigenvalue weighted by molar-refractivity contribution is 0.339. The molecule has 5 nitrogen and oxygen atoms in total. The number of piperazine rings is 1. The molecule has 1 N–H and O–H groups in total. The first-order valence-corrected chi connectivity index (χ1v) is 8.57. The number of halogens is 1. The van der Waals surface area contributed by atoms with Crippen LogP contribution in [0.1, 0.15) is 0 Å². The van der Waals surface area contributed by atoms with E-state index in [9.17, 15) is 12.8 Å². The summed E-state index contributed by atoms with van der Waals surface area (Å²) in [6.07, 6.45) is 1.14. The normalized spacial score (nSPS) is 16.2. The summed E-state index contributed by atoms with van der Waals surface area (Å²) in [6.45, 7) is 3.25. The molecule has 1 aliphatic rings. The van der Waals surface area contributed by atoms with Crippen molar-refractivity contribution in [3.63, 3.8) is 0 Å². The van der Waals surface area contributed by atoms with Gasteiger partial charge in [-0.2, -0.15) is 0 Å². The second-order valence-corrected chi connectivity index (χ2v) is 7.09. The Hall–Kier alpha value is -1.34. The number of hydrogen-bond acceptors (Lipinski definition) is 5. The maximum absolute atomic E-state index is 14.0. The van der Waals surface area contributed by atoms with Crippen LogP contribution in [0, 0.1) is 5.82 Å². The van der Waals surface area contributed by atoms with Crippen molar-refractivity contribution < 1.29 is 17.5 Å². The SMILES string of the molecule is CS(=O)(=O)CCOc1ccc(N2CCNCC2)c(F)c1. The van der Waals surface area contributed by atoms with Crippen LogP contribution in [0.15, 0.2) is 18.2 Å². The second kappa shape index (κ2) is 6.41. The summed E-state index contributed by atoms with van der Waals surface area (Å²) in [7, 11) is -3.06. The number of benzene rings is 1. The Balaban J connectivity index is 1.98. The predicted molar refractivity (Wildman–Crippen MR) is 76.7 cm³/mol. The standard InChI is InChI=1S/C13H19FN2O3S/c1-20(17,18)9-8-19-11-2-3-13(12(14)10-11)16-6-4-15-5-7-16/h2-3,10,15H,4-9H2,1H3. The summed E-state index contributed by atoms with van der Waals surface area (Å²) in [5.41, 5.74) is 0.557. The number of ether oxygens (including phenoxy) is 1. The molecule has 20 heavy (non-hydrogen) atoms. The molecule has 1 aromatic carbocycles. The van der Waals surface area contributed by atoms with E-state index >= 15 is 0 Å². The zero-order chi connectivity index (χ0) is 14.6. The lowest BCUT2D eigenvalue weighted by Gasteiger charge is -2.29. The van der Waals surface area contributed by atoms with Gasteiger partial charge in [0.05, 0.1) is 11.4 Å². The van der Waals surface area contributed by atoms with Gasteiger partial charge in [0.1, 0.15) is 18.2 Å². The van der Waals surface area contributed by atoms with Crippen LogP contribution in [0.2, 0.25) is 0 Å². The fourth-order valence-electron chi connectivity index (χ4n) is 2.05. The molecule has 0 radical (unpaired) electrons. The fraction of sp³-hybridized carbons (Fsp3) is 0.538. The molecule has 0 aromatic heterocycles. The number of nitrogens with one attached hydrogen (secondary N) is 1. The molecule has 0 bridgehead atoms. The molecule has 0 spiro atoms. The van der Waals surface area contributed by atoms with Crippen LogP contribution >= 0.6 is 0 Å². The first kappa shape index (κ1) is 15.1. The Morgan fingerprint density at radius 1 is 1.35 bits per heavy atom. The summed E-state index contributed by atoms with van der Waals surface area (Å²) in [5, 5.41) is 3.21. The molecule has 2 rings (SSSR count). The first-order chi connectivity index (χ1) is 9.46. The van der Waals surface area contributed by atoms with Crippen molar-refractivity contribution in [2.75, 3.05) is 49.7 Å². The average molecular weight is 302 g/mol. The van der Waals surface area contributed by atoms with Crippen molar-refractivity contribution in [3.8, 4) is 5.75 Å². The number of nitrogens with zero attached hydrogens (tertiary/aromatic N) is 1. The minimum atomic E-state index is -3.06. The molecule has 1 heterocycles. The highest BCUT2D eigenvalue weighted by Gasteiger charge is 2.15. The van der Waals surface area contributed by atoms with E-state index in [4.69, 9.17) is 4.74 Å². The molecule has 0 amide bonds. The molecular formula is C13H19FN2O3S. The van der Waals surface area contributed by atoms with Crippen LogP contribution in [0.25, 0.3) is 0 Å². The maximum Gasteiger partial charge on any atom is 0.150 e. The highest BCUT2D eigenvalue weighted by molar-refractivity contribution is 7.90. The molecule has 1 saturated heterocycles. The Morgan fingerprint density at radius 3 is 2.65 bits per heavy atom. The van der Waals surface area contributed by atoms with Gasteiger partial charge < -0.3 is 15.0 Å². The monoisotopic (exact) mass is 302 g/mol. The van der Waals surface area contributed by atoms with Crippen molar-refractivity contribution in [3.05, 3.63) is 24.0 Å². The van der Waals surface area contributed by atoms with Gasteiger partial charge in [0.15, 0.2) is 9.84 Å². The lowest BCUT2D eigenvalue weighted by atomic mass is 10.2. The van der Waals surface area contributed by atoms with Gasteiger partial charge in [0.25, 0.3) is 0 Å². The summed E-state index contributed by atoms with van der Waals surface area (Å²) in [6, 6.07) is 4.65. The summed E-state index contributed by atoms with van der Waals surface area (Å²) < 4.78 is 41.3. The van der Waals surface area contributed by atoms with Crippen molar-refractivity contribution >= 4 is 15.5 Å². The quantitative estimate of drug-likeness (QED) is 0.866. The van der Waals surface area contributed by atoms with Crippen LogP contribution in [-0.2, 0) is 9.84 Å². The van der Waals surface area contributed by atoms with Crippen LogP contribution in [0.5, 0.6) is 5.75 Å². The summed E-state index contributed by atoms with van der Waals surface area (Å²) in [4.78, 5) is 1.98. The summed E-state index contributed by atoms with van der Waals surface area (Å²) in [5.74, 6) is -0.0671. The van der Waals surface area contributed by atoms with Gasteiger partial charge in [0.2, 0.25) is 0 Å². The zero-order valence-electron chi connectivity index (χ0n) is 11.4. The van der Waals surface area contributed by atoms with E-state index in [1.807, 2.05) is 4.90 Å². The van der Waals surface area contributed by atoms with Crippen molar-refractivity contribution in [2.45, 2.75) is 0 Å². The third kappa shape index (κ3) is 4.35. The Bertz CT molecular complexity index is 557. The first-order valence-electron chi connectivity index (χ1n) is 6.51. The zero-order valence-corrected chi connectivity index (χ0v) is 12.2. The average Bonchev–Trinajstić information content (AvgIpc) is 2.38. The minimum absolute atomic E-state index is 0.0330. The van der Waals surface area contributed by atoms with Crippen LogP contribution < -0.4 is 15.0 Å². The smallest absolute Gasteiger partial charge is 0.150 e. The highest BCUT2D eigenvalue weighted by Crippen LogP contribution is 2.24. The van der Waals surface area contributed by atoms with Gasteiger partial charge >= 0.3 is 0 Å². The van der Waals surface area contributed by atoms with Gasteiger partial charge in [0, 0.05) is 38.5 Å². The molecule has 1 aliphatic heterocycles. The van der Waals surface area contributed by atoms with Gasteiger partial charge in [-0.3, -0.25) is 0 Å². The number of sulfone groups is 1. The summed E-state index contributed by atoms with van der Waals surface area (Å²) >= 11 is 0. The molecule has 1 fully saturated rings. The van der Waals surface area contributed by atoms with E-state index in [2.05, 4.69) is 5.32 Å². The van der Waals surface area contributed by atoms with Crippen molar-refractivity contribution in [1.82, 2.24) is 5.32 Å². The molecule has 112 valence electrons. The van der Waals surface area contributed by atoms with E-state index in [1.54, 1.807) is 12.1 Å². The van der Waals surface area contributed by atoms with Crippen LogP contribution in [-0.4, -0.2) is 53.2 Å². The molecule has 7 heteroatoms. The van der Waals surface area contributed by atoms with Crippen LogP contribution in [0.4, 0.5) is 10.1 Å². The van der Waals surface area contributed by atoms with Gasteiger partial charge in [-0.25, -0.2) is 12.8 Å². The third-order valence-corrected chi connectivity index (χ3v) is 4.01. The molecule has 0 saturated carbocycles. The maximum atomic E-state index is 14.0. The van der Waals surface area contributed by atoms with Crippen molar-refractivity contribution in [1.29, 1.82) is 0 Å². The highest BCUT2D eigenvalue weighted by atomic mass is 32.2. The predicted octanol–water partition coefficient (Wildman–Crippen LogP) is 0.659. The lowest BCUT2D eigenvalue weighted by Crippen LogP contribution is -2.43. The Morgan fingerprint density at radius 2 is 2.05 bits per heavy atom. The largest absolute Gasteiger partial charge is 0.492 e. The topological polar surface area (TPSA) is 58.6 Å². The third-order valence-electron chi connectivity index (χ3n) is 3.10.